The highest BCUT2D eigenvalue weighted by molar-refractivity contribution is 5.98. The maximum absolute atomic E-state index is 13.2. The molecule has 7 heteroatoms. The fourth-order valence-corrected chi connectivity index (χ4v) is 6.22. The van der Waals surface area contributed by atoms with E-state index in [2.05, 4.69) is 45.9 Å². The largest absolute Gasteiger partial charge is 0.497 e. The van der Waals surface area contributed by atoms with Crippen molar-refractivity contribution in [2.75, 3.05) is 25.5 Å². The predicted molar refractivity (Wildman–Crippen MR) is 168 cm³/mol. The summed E-state index contributed by atoms with van der Waals surface area (Å²) in [6, 6.07) is 23.9. The Morgan fingerprint density at radius 2 is 1.64 bits per heavy atom. The average Bonchev–Trinajstić information content (AvgIpc) is 3.01. The molecule has 3 aromatic carbocycles. The summed E-state index contributed by atoms with van der Waals surface area (Å²) in [5.74, 6) is 1.18. The van der Waals surface area contributed by atoms with Crippen LogP contribution in [0.2, 0.25) is 0 Å². The lowest BCUT2D eigenvalue weighted by molar-refractivity contribution is -0.115. The molecule has 1 aliphatic heterocycles. The lowest BCUT2D eigenvalue weighted by Crippen LogP contribution is -2.49. The van der Waals surface area contributed by atoms with Crippen molar-refractivity contribution in [1.29, 1.82) is 0 Å². The number of carbonyl (C=O) groups is 2. The van der Waals surface area contributed by atoms with Crippen LogP contribution in [0, 0.1) is 5.92 Å². The number of nitrogens with one attached hydrogen (secondary N) is 2. The molecule has 2 aliphatic rings. The second kappa shape index (κ2) is 14.5. The number of hydrogen-bond donors (Lipinski definition) is 3. The van der Waals surface area contributed by atoms with Gasteiger partial charge in [0.25, 0.3) is 5.91 Å². The summed E-state index contributed by atoms with van der Waals surface area (Å²) in [5, 5.41) is 6.27. The molecule has 1 heterocycles. The van der Waals surface area contributed by atoms with Crippen molar-refractivity contribution in [2.45, 2.75) is 70.0 Å². The van der Waals surface area contributed by atoms with E-state index in [1.54, 1.807) is 7.11 Å². The highest BCUT2D eigenvalue weighted by Gasteiger charge is 2.25. The summed E-state index contributed by atoms with van der Waals surface area (Å²) >= 11 is 0. The summed E-state index contributed by atoms with van der Waals surface area (Å²) < 4.78 is 5.24. The van der Waals surface area contributed by atoms with E-state index in [4.69, 9.17) is 10.5 Å². The van der Waals surface area contributed by atoms with Gasteiger partial charge >= 0.3 is 0 Å². The molecule has 0 aromatic heterocycles. The minimum absolute atomic E-state index is 0.0174. The zero-order valence-electron chi connectivity index (χ0n) is 24.7. The van der Waals surface area contributed by atoms with E-state index in [1.807, 2.05) is 42.5 Å². The number of likely N-dealkylation sites (tertiary alicyclic amines) is 1. The number of carbonyl (C=O) groups excluding carboxylic acids is 2. The molecule has 222 valence electrons. The number of hydrogen-bond acceptors (Lipinski definition) is 5. The summed E-state index contributed by atoms with van der Waals surface area (Å²) in [7, 11) is 1.63. The molecule has 0 bridgehead atoms. The van der Waals surface area contributed by atoms with Gasteiger partial charge in [0.2, 0.25) is 5.91 Å². The summed E-state index contributed by atoms with van der Waals surface area (Å²) in [6.07, 6.45) is 7.67. The van der Waals surface area contributed by atoms with Crippen LogP contribution in [0.1, 0.15) is 65.6 Å². The molecule has 2 unspecified atom stereocenters. The third-order valence-electron chi connectivity index (χ3n) is 8.77. The molecule has 1 aliphatic carbocycles. The second-order valence-electron chi connectivity index (χ2n) is 11.9. The third kappa shape index (κ3) is 8.20. The summed E-state index contributed by atoms with van der Waals surface area (Å²) in [5.41, 5.74) is 10.8. The second-order valence-corrected chi connectivity index (χ2v) is 11.9. The topological polar surface area (TPSA) is 96.7 Å². The van der Waals surface area contributed by atoms with E-state index in [1.165, 1.54) is 5.56 Å². The number of benzene rings is 3. The van der Waals surface area contributed by atoms with Gasteiger partial charge in [-0.15, -0.1) is 0 Å². The maximum atomic E-state index is 13.2. The van der Waals surface area contributed by atoms with E-state index in [0.29, 0.717) is 17.2 Å². The minimum atomic E-state index is -0.142. The Bertz CT molecular complexity index is 1320. The monoisotopic (exact) mass is 568 g/mol. The van der Waals surface area contributed by atoms with Crippen LogP contribution < -0.4 is 21.1 Å². The first-order valence-electron chi connectivity index (χ1n) is 15.4. The molecule has 42 heavy (non-hydrogen) atoms. The van der Waals surface area contributed by atoms with Crippen molar-refractivity contribution in [3.05, 3.63) is 95.1 Å². The van der Waals surface area contributed by atoms with Crippen molar-refractivity contribution in [3.63, 3.8) is 0 Å². The van der Waals surface area contributed by atoms with Gasteiger partial charge < -0.3 is 21.1 Å². The van der Waals surface area contributed by atoms with Crippen molar-refractivity contribution >= 4 is 17.5 Å². The number of anilines is 1. The Kier molecular flexibility index (Phi) is 10.3. The van der Waals surface area contributed by atoms with Crippen molar-refractivity contribution < 1.29 is 14.3 Å². The first kappa shape index (κ1) is 29.8. The summed E-state index contributed by atoms with van der Waals surface area (Å²) in [4.78, 5) is 28.9. The van der Waals surface area contributed by atoms with Crippen LogP contribution in [0.5, 0.6) is 5.75 Å². The van der Waals surface area contributed by atoms with Crippen LogP contribution in [0.15, 0.2) is 72.8 Å². The van der Waals surface area contributed by atoms with E-state index in [-0.39, 0.29) is 30.3 Å². The van der Waals surface area contributed by atoms with Crippen LogP contribution in [0.4, 0.5) is 5.69 Å². The Balaban J connectivity index is 1.26. The molecule has 7 nitrogen and oxygen atoms in total. The average molecular weight is 569 g/mol. The van der Waals surface area contributed by atoms with Gasteiger partial charge in [0.1, 0.15) is 5.75 Å². The molecular formula is C35H44N4O3. The van der Waals surface area contributed by atoms with Gasteiger partial charge in [-0.05, 0) is 92.1 Å². The molecule has 1 saturated heterocycles. The van der Waals surface area contributed by atoms with Gasteiger partial charge in [0.05, 0.1) is 13.5 Å². The molecule has 0 radical (unpaired) electrons. The molecule has 2 atom stereocenters. The van der Waals surface area contributed by atoms with Gasteiger partial charge in [-0.25, -0.2) is 0 Å². The van der Waals surface area contributed by atoms with Gasteiger partial charge in [-0.2, -0.15) is 0 Å². The van der Waals surface area contributed by atoms with Crippen LogP contribution in [0.3, 0.4) is 0 Å². The minimum Gasteiger partial charge on any atom is -0.497 e. The molecule has 3 aromatic rings. The van der Waals surface area contributed by atoms with Crippen molar-refractivity contribution in [2.24, 2.45) is 11.7 Å². The smallest absolute Gasteiger partial charge is 0.251 e. The molecule has 5 rings (SSSR count). The molecule has 1 saturated carbocycles. The third-order valence-corrected chi connectivity index (χ3v) is 8.77. The fraction of sp³-hybridized carbons (Fsp3) is 0.429. The maximum Gasteiger partial charge on any atom is 0.251 e. The number of amides is 2. The number of nitrogens with zero attached hydrogens (tertiary/aromatic N) is 1. The lowest BCUT2D eigenvalue weighted by Gasteiger charge is -2.32. The Morgan fingerprint density at radius 3 is 2.36 bits per heavy atom. The number of nitrogens with two attached hydrogens (primary N) is 1. The van der Waals surface area contributed by atoms with Crippen LogP contribution in [-0.2, 0) is 24.2 Å². The molecule has 0 spiro atoms. The number of methoxy groups -OCH3 is 1. The molecular weight excluding hydrogens is 524 g/mol. The number of ether oxygens (including phenoxy) is 1. The Hall–Kier alpha value is -3.68. The van der Waals surface area contributed by atoms with Gasteiger partial charge in [-0.3, -0.25) is 14.5 Å². The number of rotatable bonds is 10. The zero-order chi connectivity index (χ0) is 29.3. The van der Waals surface area contributed by atoms with Gasteiger partial charge in [0, 0.05) is 29.9 Å². The highest BCUT2D eigenvalue weighted by atomic mass is 16.5. The fourth-order valence-electron chi connectivity index (χ4n) is 6.22. The predicted octanol–water partition coefficient (Wildman–Crippen LogP) is 5.33. The lowest BCUT2D eigenvalue weighted by atomic mass is 9.90. The number of piperidine rings is 1. The molecule has 2 amide bonds. The SMILES string of the molecule is COc1ccc(CC(=O)Nc2cc(C(=O)NC3CCCCC3N)ccc2CN2CCC(Cc3ccccc3)CC2)cc1. The first-order chi connectivity index (χ1) is 20.5. The normalized spacial score (nSPS) is 19.7. The van der Waals surface area contributed by atoms with Gasteiger partial charge in [0.15, 0.2) is 0 Å². The zero-order valence-corrected chi connectivity index (χ0v) is 24.7. The van der Waals surface area contributed by atoms with Crippen LogP contribution in [-0.4, -0.2) is 49.0 Å². The van der Waals surface area contributed by atoms with Gasteiger partial charge in [-0.1, -0.05) is 61.4 Å². The van der Waals surface area contributed by atoms with E-state index in [9.17, 15) is 9.59 Å². The van der Waals surface area contributed by atoms with Crippen molar-refractivity contribution in [1.82, 2.24) is 10.2 Å². The quantitative estimate of drug-likeness (QED) is 0.307. The van der Waals surface area contributed by atoms with E-state index in [0.717, 1.165) is 81.5 Å². The molecule has 4 N–H and O–H groups in total. The molecule has 2 fully saturated rings. The standard InChI is InChI=1S/C35H44N4O3/c1-42-30-15-11-26(12-16-30)22-34(40)37-33-23-28(35(41)38-32-10-6-5-9-31(32)36)13-14-29(33)24-39-19-17-27(18-20-39)21-25-7-3-2-4-8-25/h2-4,7-8,11-16,23,27,31-32H,5-6,9-10,17-22,24,36H2,1H3,(H,37,40)(H,38,41). The van der Waals surface area contributed by atoms with Crippen LogP contribution in [0.25, 0.3) is 0 Å². The first-order valence-corrected chi connectivity index (χ1v) is 15.4. The van der Waals surface area contributed by atoms with Crippen molar-refractivity contribution in [3.8, 4) is 5.75 Å². The van der Waals surface area contributed by atoms with Crippen LogP contribution >= 0.6 is 0 Å². The highest BCUT2D eigenvalue weighted by Crippen LogP contribution is 2.26. The Morgan fingerprint density at radius 1 is 0.905 bits per heavy atom. The Labute approximate surface area is 249 Å². The summed E-state index contributed by atoms with van der Waals surface area (Å²) in [6.45, 7) is 2.75. The van der Waals surface area contributed by atoms with E-state index >= 15 is 0 Å². The van der Waals surface area contributed by atoms with E-state index < -0.39 is 0 Å².